The van der Waals surface area contributed by atoms with Gasteiger partial charge in [0.15, 0.2) is 0 Å². The molecule has 7 nitrogen and oxygen atoms in total. The van der Waals surface area contributed by atoms with Gasteiger partial charge in [-0.1, -0.05) is 23.2 Å². The topological polar surface area (TPSA) is 93.3 Å². The molecule has 0 aliphatic rings. The Morgan fingerprint density at radius 3 is 2.41 bits per heavy atom. The number of aromatic nitrogens is 2. The first-order valence-corrected chi connectivity index (χ1v) is 8.60. The number of nitrogens with one attached hydrogen (secondary N) is 1. The molecule has 0 unspecified atom stereocenters. The molecule has 0 bridgehead atoms. The van der Waals surface area contributed by atoms with Gasteiger partial charge in [-0.15, -0.1) is 0 Å². The van der Waals surface area contributed by atoms with E-state index >= 15 is 0 Å². The summed E-state index contributed by atoms with van der Waals surface area (Å²) in [7, 11) is 0. The fourth-order valence-corrected chi connectivity index (χ4v) is 2.97. The predicted molar refractivity (Wildman–Crippen MR) is 106 cm³/mol. The average molecular weight is 405 g/mol. The van der Waals surface area contributed by atoms with Crippen LogP contribution in [-0.2, 0) is 0 Å². The fraction of sp³-hybridized carbons (Fsp3) is 0.111. The maximum atomic E-state index is 12.8. The molecule has 0 atom stereocenters. The lowest BCUT2D eigenvalue weighted by molar-refractivity contribution is -0.384. The smallest absolute Gasteiger partial charge is 0.280 e. The number of benzene rings is 2. The number of aliphatic imine (C=N–C) groups is 1. The summed E-state index contributed by atoms with van der Waals surface area (Å²) < 4.78 is 1.32. The second kappa shape index (κ2) is 7.38. The molecule has 3 rings (SSSR count). The van der Waals surface area contributed by atoms with Crippen LogP contribution in [0.1, 0.15) is 18.2 Å². The third kappa shape index (κ3) is 3.79. The Labute approximate surface area is 164 Å². The molecule has 0 saturated carbocycles. The van der Waals surface area contributed by atoms with Crippen molar-refractivity contribution >= 4 is 40.3 Å². The molecule has 0 spiro atoms. The molecular weight excluding hydrogens is 391 g/mol. The lowest BCUT2D eigenvalue weighted by Gasteiger charge is -2.01. The van der Waals surface area contributed by atoms with Gasteiger partial charge in [-0.25, -0.2) is 4.68 Å². The standard InChI is InChI=1S/C18H14Cl2N4O3/c1-10(21-12-3-8-15(19)16(20)9-12)17-11(2)22-23(18(17)25)13-4-6-14(7-5-13)24(26)27/h3-9,22H,1-2H3. The van der Waals surface area contributed by atoms with E-state index in [0.717, 1.165) is 0 Å². The third-order valence-electron chi connectivity index (χ3n) is 3.95. The van der Waals surface area contributed by atoms with Crippen LogP contribution >= 0.6 is 23.2 Å². The maximum Gasteiger partial charge on any atom is 0.280 e. The molecule has 0 aliphatic heterocycles. The van der Waals surface area contributed by atoms with Gasteiger partial charge >= 0.3 is 0 Å². The van der Waals surface area contributed by atoms with E-state index in [9.17, 15) is 14.9 Å². The lowest BCUT2D eigenvalue weighted by Crippen LogP contribution is -2.19. The number of nitro groups is 1. The van der Waals surface area contributed by atoms with Crippen molar-refractivity contribution < 1.29 is 4.92 Å². The molecule has 2 aromatic carbocycles. The maximum absolute atomic E-state index is 12.8. The molecular formula is C18H14Cl2N4O3. The number of aryl methyl sites for hydroxylation is 1. The molecule has 0 fully saturated rings. The first-order valence-electron chi connectivity index (χ1n) is 7.85. The monoisotopic (exact) mass is 404 g/mol. The quantitative estimate of drug-likeness (QED) is 0.383. The second-order valence-corrected chi connectivity index (χ2v) is 6.64. The van der Waals surface area contributed by atoms with Crippen molar-refractivity contribution in [2.24, 2.45) is 4.99 Å². The van der Waals surface area contributed by atoms with Crippen LogP contribution in [-0.4, -0.2) is 20.4 Å². The Hall–Kier alpha value is -2.90. The van der Waals surface area contributed by atoms with Gasteiger partial charge in [-0.2, -0.15) is 0 Å². The van der Waals surface area contributed by atoms with Crippen LogP contribution < -0.4 is 5.56 Å². The second-order valence-electron chi connectivity index (χ2n) is 5.82. The molecule has 1 aromatic heterocycles. The number of rotatable bonds is 4. The third-order valence-corrected chi connectivity index (χ3v) is 4.69. The van der Waals surface area contributed by atoms with Gasteiger partial charge in [0.25, 0.3) is 11.2 Å². The molecule has 138 valence electrons. The largest absolute Gasteiger partial charge is 0.295 e. The lowest BCUT2D eigenvalue weighted by atomic mass is 10.1. The van der Waals surface area contributed by atoms with Gasteiger partial charge in [-0.05, 0) is 44.2 Å². The Morgan fingerprint density at radius 1 is 1.15 bits per heavy atom. The number of nitro benzene ring substituents is 1. The average Bonchev–Trinajstić information content (AvgIpc) is 2.92. The van der Waals surface area contributed by atoms with E-state index in [1.165, 1.54) is 28.9 Å². The van der Waals surface area contributed by atoms with Gasteiger partial charge in [0.1, 0.15) is 0 Å². The van der Waals surface area contributed by atoms with Crippen molar-refractivity contribution in [1.82, 2.24) is 9.78 Å². The van der Waals surface area contributed by atoms with Crippen LogP contribution in [0.5, 0.6) is 0 Å². The highest BCUT2D eigenvalue weighted by Crippen LogP contribution is 2.27. The van der Waals surface area contributed by atoms with E-state index in [4.69, 9.17) is 23.2 Å². The van der Waals surface area contributed by atoms with E-state index < -0.39 is 4.92 Å². The number of halogens is 2. The minimum Gasteiger partial charge on any atom is -0.295 e. The zero-order chi connectivity index (χ0) is 19.7. The highest BCUT2D eigenvalue weighted by atomic mass is 35.5. The highest BCUT2D eigenvalue weighted by Gasteiger charge is 2.16. The number of nitrogens with zero attached hydrogens (tertiary/aromatic N) is 3. The molecule has 1 heterocycles. The molecule has 0 amide bonds. The zero-order valence-corrected chi connectivity index (χ0v) is 15.9. The summed E-state index contributed by atoms with van der Waals surface area (Å²) in [6, 6.07) is 10.6. The van der Waals surface area contributed by atoms with Gasteiger partial charge in [-0.3, -0.25) is 25.0 Å². The molecule has 3 aromatic rings. The van der Waals surface area contributed by atoms with Crippen molar-refractivity contribution in [1.29, 1.82) is 0 Å². The van der Waals surface area contributed by atoms with Crippen molar-refractivity contribution in [2.75, 3.05) is 0 Å². The fourth-order valence-electron chi connectivity index (χ4n) is 2.68. The summed E-state index contributed by atoms with van der Waals surface area (Å²) in [5, 5.41) is 14.5. The predicted octanol–water partition coefficient (Wildman–Crippen LogP) is 4.83. The summed E-state index contributed by atoms with van der Waals surface area (Å²) >= 11 is 11.9. The molecule has 0 aliphatic carbocycles. The summed E-state index contributed by atoms with van der Waals surface area (Å²) in [6.07, 6.45) is 0. The summed E-state index contributed by atoms with van der Waals surface area (Å²) in [4.78, 5) is 27.6. The van der Waals surface area contributed by atoms with Gasteiger partial charge in [0.05, 0.1) is 37.6 Å². The Morgan fingerprint density at radius 2 is 1.81 bits per heavy atom. The number of H-pyrrole nitrogens is 1. The highest BCUT2D eigenvalue weighted by molar-refractivity contribution is 6.42. The number of aromatic amines is 1. The molecule has 27 heavy (non-hydrogen) atoms. The van der Waals surface area contributed by atoms with E-state index in [1.807, 2.05) is 0 Å². The first kappa shape index (κ1) is 18.9. The van der Waals surface area contributed by atoms with E-state index in [2.05, 4.69) is 10.1 Å². The van der Waals surface area contributed by atoms with Crippen LogP contribution in [0.15, 0.2) is 52.3 Å². The number of hydrogen-bond acceptors (Lipinski definition) is 4. The Kier molecular flexibility index (Phi) is 5.16. The Balaban J connectivity index is 2.02. The first-order chi connectivity index (χ1) is 12.8. The van der Waals surface area contributed by atoms with Crippen molar-refractivity contribution in [3.05, 3.63) is 84.2 Å². The van der Waals surface area contributed by atoms with Crippen LogP contribution in [0, 0.1) is 17.0 Å². The van der Waals surface area contributed by atoms with Crippen molar-refractivity contribution in [3.63, 3.8) is 0 Å². The van der Waals surface area contributed by atoms with Crippen molar-refractivity contribution in [2.45, 2.75) is 13.8 Å². The molecule has 9 heteroatoms. The van der Waals surface area contributed by atoms with Crippen LogP contribution in [0.4, 0.5) is 11.4 Å². The van der Waals surface area contributed by atoms with Crippen LogP contribution in [0.3, 0.4) is 0 Å². The minimum absolute atomic E-state index is 0.0485. The summed E-state index contributed by atoms with van der Waals surface area (Å²) in [5.41, 5.74) is 2.26. The van der Waals surface area contributed by atoms with E-state index in [-0.39, 0.29) is 11.2 Å². The molecule has 1 N–H and O–H groups in total. The van der Waals surface area contributed by atoms with E-state index in [1.54, 1.807) is 32.0 Å². The van der Waals surface area contributed by atoms with Gasteiger partial charge in [0.2, 0.25) is 0 Å². The molecule has 0 radical (unpaired) electrons. The van der Waals surface area contributed by atoms with Gasteiger partial charge in [0, 0.05) is 17.8 Å². The number of hydrogen-bond donors (Lipinski definition) is 1. The summed E-state index contributed by atoms with van der Waals surface area (Å²) in [6.45, 7) is 3.48. The van der Waals surface area contributed by atoms with E-state index in [0.29, 0.717) is 38.4 Å². The Bertz CT molecular complexity index is 1110. The normalized spacial score (nSPS) is 11.6. The van der Waals surface area contributed by atoms with Crippen molar-refractivity contribution in [3.8, 4) is 5.69 Å². The SMILES string of the molecule is CC(=Nc1ccc(Cl)c(Cl)c1)c1c(C)[nH]n(-c2ccc([N+](=O)[O-])cc2)c1=O. The summed E-state index contributed by atoms with van der Waals surface area (Å²) in [5.74, 6) is 0. The van der Waals surface area contributed by atoms with Gasteiger partial charge < -0.3 is 0 Å². The minimum atomic E-state index is -0.494. The zero-order valence-electron chi connectivity index (χ0n) is 14.4. The van der Waals surface area contributed by atoms with Crippen LogP contribution in [0.2, 0.25) is 10.0 Å². The molecule has 0 saturated heterocycles. The number of non-ortho nitro benzene ring substituents is 1. The van der Waals surface area contributed by atoms with Crippen LogP contribution in [0.25, 0.3) is 5.69 Å².